The number of nitrogens with zero attached hydrogens (tertiary/aromatic N) is 2. The summed E-state index contributed by atoms with van der Waals surface area (Å²) in [5, 5.41) is 0. The number of aryl methyl sites for hydroxylation is 1. The highest BCUT2D eigenvalue weighted by atomic mass is 16.6. The van der Waals surface area contributed by atoms with E-state index < -0.39 is 17.1 Å². The maximum absolute atomic E-state index is 12.1. The van der Waals surface area contributed by atoms with Crippen molar-refractivity contribution in [2.45, 2.75) is 59.2 Å². The normalized spacial score (nSPS) is 11.4. The summed E-state index contributed by atoms with van der Waals surface area (Å²) in [6, 6.07) is 1.34. The summed E-state index contributed by atoms with van der Waals surface area (Å²) in [6.45, 7) is 7.85. The Balaban J connectivity index is 2.83. The number of esters is 1. The molecule has 1 aromatic heterocycles. The van der Waals surface area contributed by atoms with Crippen molar-refractivity contribution in [3.63, 3.8) is 0 Å². The zero-order valence-electron chi connectivity index (χ0n) is 12.5. The molecule has 6 heteroatoms. The van der Waals surface area contributed by atoms with E-state index in [0.29, 0.717) is 6.54 Å². The zero-order valence-corrected chi connectivity index (χ0v) is 12.5. The van der Waals surface area contributed by atoms with Crippen LogP contribution in [0.15, 0.2) is 21.9 Å². The molecule has 0 fully saturated rings. The standard InChI is InChI=1S/C14H22N2O4/c1-5-8-15-9-6-11(17)16(13(15)19)10-7-12(18)20-14(2,3)4/h6,9H,5,7-8,10H2,1-4H3. The van der Waals surface area contributed by atoms with Crippen molar-refractivity contribution in [1.29, 1.82) is 0 Å². The van der Waals surface area contributed by atoms with Crippen LogP contribution in [0.2, 0.25) is 0 Å². The highest BCUT2D eigenvalue weighted by Gasteiger charge is 2.16. The van der Waals surface area contributed by atoms with Crippen LogP contribution in [-0.4, -0.2) is 20.7 Å². The molecule has 1 aromatic rings. The van der Waals surface area contributed by atoms with Gasteiger partial charge in [0.2, 0.25) is 0 Å². The van der Waals surface area contributed by atoms with Crippen LogP contribution in [0.4, 0.5) is 0 Å². The largest absolute Gasteiger partial charge is 0.460 e. The summed E-state index contributed by atoms with van der Waals surface area (Å²) in [6.07, 6.45) is 2.28. The van der Waals surface area contributed by atoms with Gasteiger partial charge in [-0.05, 0) is 27.2 Å². The SMILES string of the molecule is CCCn1ccc(=O)n(CCC(=O)OC(C)(C)C)c1=O. The smallest absolute Gasteiger partial charge is 0.330 e. The van der Waals surface area contributed by atoms with Crippen LogP contribution < -0.4 is 11.2 Å². The van der Waals surface area contributed by atoms with Gasteiger partial charge in [-0.25, -0.2) is 4.79 Å². The predicted octanol–water partition coefficient (Wildman–Crippen LogP) is 1.15. The van der Waals surface area contributed by atoms with Crippen molar-refractivity contribution >= 4 is 5.97 Å². The number of ether oxygens (including phenoxy) is 1. The topological polar surface area (TPSA) is 70.3 Å². The van der Waals surface area contributed by atoms with E-state index in [9.17, 15) is 14.4 Å². The summed E-state index contributed by atoms with van der Waals surface area (Å²) >= 11 is 0. The molecule has 112 valence electrons. The molecular weight excluding hydrogens is 260 g/mol. The summed E-state index contributed by atoms with van der Waals surface area (Å²) in [7, 11) is 0. The van der Waals surface area contributed by atoms with Crippen LogP contribution in [0.5, 0.6) is 0 Å². The first-order chi connectivity index (χ1) is 9.24. The molecule has 0 saturated heterocycles. The molecule has 1 heterocycles. The van der Waals surface area contributed by atoms with Gasteiger partial charge in [0.1, 0.15) is 5.60 Å². The van der Waals surface area contributed by atoms with E-state index in [-0.39, 0.29) is 18.7 Å². The number of rotatable bonds is 5. The van der Waals surface area contributed by atoms with Crippen LogP contribution in [0.1, 0.15) is 40.5 Å². The second kappa shape index (κ2) is 6.54. The van der Waals surface area contributed by atoms with E-state index in [1.807, 2.05) is 6.92 Å². The molecule has 0 atom stereocenters. The first-order valence-electron chi connectivity index (χ1n) is 6.76. The van der Waals surface area contributed by atoms with E-state index in [2.05, 4.69) is 0 Å². The van der Waals surface area contributed by atoms with Crippen LogP contribution in [0.3, 0.4) is 0 Å². The fourth-order valence-corrected chi connectivity index (χ4v) is 1.77. The molecule has 0 aliphatic rings. The lowest BCUT2D eigenvalue weighted by atomic mass is 10.2. The maximum atomic E-state index is 12.1. The van der Waals surface area contributed by atoms with Crippen molar-refractivity contribution in [2.75, 3.05) is 0 Å². The Hall–Kier alpha value is -1.85. The number of carbonyl (C=O) groups excluding carboxylic acids is 1. The van der Waals surface area contributed by atoms with Crippen molar-refractivity contribution < 1.29 is 9.53 Å². The second-order valence-electron chi connectivity index (χ2n) is 5.62. The number of carbonyl (C=O) groups is 1. The third kappa shape index (κ3) is 4.68. The van der Waals surface area contributed by atoms with Crippen molar-refractivity contribution in [3.05, 3.63) is 33.1 Å². The zero-order chi connectivity index (χ0) is 15.3. The van der Waals surface area contributed by atoms with Gasteiger partial charge in [-0.15, -0.1) is 0 Å². The molecule has 0 aliphatic carbocycles. The van der Waals surface area contributed by atoms with Crippen LogP contribution in [0, 0.1) is 0 Å². The van der Waals surface area contributed by atoms with Gasteiger partial charge < -0.3 is 9.30 Å². The third-order valence-electron chi connectivity index (χ3n) is 2.56. The minimum absolute atomic E-state index is 0.00253. The molecule has 0 amide bonds. The average molecular weight is 282 g/mol. The van der Waals surface area contributed by atoms with Gasteiger partial charge in [0.25, 0.3) is 5.56 Å². The van der Waals surface area contributed by atoms with Gasteiger partial charge in [-0.3, -0.25) is 14.2 Å². The average Bonchev–Trinajstić information content (AvgIpc) is 2.30. The Morgan fingerprint density at radius 1 is 1.25 bits per heavy atom. The Labute approximate surface area is 118 Å². The monoisotopic (exact) mass is 282 g/mol. The maximum Gasteiger partial charge on any atom is 0.330 e. The van der Waals surface area contributed by atoms with E-state index >= 15 is 0 Å². The first-order valence-corrected chi connectivity index (χ1v) is 6.76. The van der Waals surface area contributed by atoms with E-state index in [4.69, 9.17) is 4.74 Å². The van der Waals surface area contributed by atoms with Crippen LogP contribution in [-0.2, 0) is 22.6 Å². The molecule has 0 aliphatic heterocycles. The number of hydrogen-bond acceptors (Lipinski definition) is 4. The second-order valence-corrected chi connectivity index (χ2v) is 5.62. The molecule has 0 bridgehead atoms. The van der Waals surface area contributed by atoms with Crippen LogP contribution >= 0.6 is 0 Å². The lowest BCUT2D eigenvalue weighted by Crippen LogP contribution is -2.39. The van der Waals surface area contributed by atoms with Gasteiger partial charge >= 0.3 is 11.7 Å². The number of aromatic nitrogens is 2. The highest BCUT2D eigenvalue weighted by molar-refractivity contribution is 5.69. The Kier molecular flexibility index (Phi) is 5.30. The van der Waals surface area contributed by atoms with Gasteiger partial charge in [0.15, 0.2) is 0 Å². The van der Waals surface area contributed by atoms with E-state index in [0.717, 1.165) is 11.0 Å². The number of hydrogen-bond donors (Lipinski definition) is 0. The van der Waals surface area contributed by atoms with Crippen LogP contribution in [0.25, 0.3) is 0 Å². The van der Waals surface area contributed by atoms with Gasteiger partial charge in [0, 0.05) is 25.4 Å². The molecule has 20 heavy (non-hydrogen) atoms. The van der Waals surface area contributed by atoms with Gasteiger partial charge in [0.05, 0.1) is 6.42 Å². The molecule has 0 aromatic carbocycles. The molecule has 6 nitrogen and oxygen atoms in total. The summed E-state index contributed by atoms with van der Waals surface area (Å²) in [4.78, 5) is 35.4. The Morgan fingerprint density at radius 2 is 1.90 bits per heavy atom. The lowest BCUT2D eigenvalue weighted by Gasteiger charge is -2.19. The van der Waals surface area contributed by atoms with E-state index in [1.54, 1.807) is 20.8 Å². The highest BCUT2D eigenvalue weighted by Crippen LogP contribution is 2.08. The van der Waals surface area contributed by atoms with E-state index in [1.165, 1.54) is 16.8 Å². The van der Waals surface area contributed by atoms with Crippen molar-refractivity contribution in [2.24, 2.45) is 0 Å². The fourth-order valence-electron chi connectivity index (χ4n) is 1.77. The summed E-state index contributed by atoms with van der Waals surface area (Å²) in [5.41, 5.74) is -1.35. The molecule has 0 spiro atoms. The minimum Gasteiger partial charge on any atom is -0.460 e. The quantitative estimate of drug-likeness (QED) is 0.760. The summed E-state index contributed by atoms with van der Waals surface area (Å²) in [5.74, 6) is -0.422. The molecule has 0 unspecified atom stereocenters. The molecule has 0 N–H and O–H groups in total. The molecule has 0 saturated carbocycles. The molecule has 1 rings (SSSR count). The van der Waals surface area contributed by atoms with Crippen molar-refractivity contribution in [1.82, 2.24) is 9.13 Å². The van der Waals surface area contributed by atoms with Gasteiger partial charge in [-0.2, -0.15) is 0 Å². The lowest BCUT2D eigenvalue weighted by molar-refractivity contribution is -0.155. The summed E-state index contributed by atoms with van der Waals surface area (Å²) < 4.78 is 7.69. The fraction of sp³-hybridized carbons (Fsp3) is 0.643. The minimum atomic E-state index is -0.568. The first kappa shape index (κ1) is 16.2. The molecular formula is C14H22N2O4. The Bertz CT molecular complexity index is 578. The third-order valence-corrected chi connectivity index (χ3v) is 2.56. The van der Waals surface area contributed by atoms with Gasteiger partial charge in [-0.1, -0.05) is 6.92 Å². The Morgan fingerprint density at radius 3 is 2.45 bits per heavy atom. The molecule has 0 radical (unpaired) electrons. The predicted molar refractivity (Wildman–Crippen MR) is 75.7 cm³/mol. The van der Waals surface area contributed by atoms with Crippen molar-refractivity contribution in [3.8, 4) is 0 Å².